The number of piperazine rings is 1. The lowest BCUT2D eigenvalue weighted by Crippen LogP contribution is -2.57. The number of ether oxygens (including phenoxy) is 2. The third-order valence-corrected chi connectivity index (χ3v) is 5.25. The molecule has 2 aliphatic rings. The van der Waals surface area contributed by atoms with Crippen LogP contribution in [0.4, 0.5) is 0 Å². The average Bonchev–Trinajstić information content (AvgIpc) is 2.68. The molecule has 0 aliphatic carbocycles. The van der Waals surface area contributed by atoms with Gasteiger partial charge in [0.25, 0.3) is 5.91 Å². The first-order valence-corrected chi connectivity index (χ1v) is 9.07. The Hall–Kier alpha value is -2.28. The van der Waals surface area contributed by atoms with Crippen LogP contribution >= 0.6 is 0 Å². The summed E-state index contributed by atoms with van der Waals surface area (Å²) in [5, 5.41) is 3.09. The van der Waals surface area contributed by atoms with Crippen LogP contribution in [0.5, 0.6) is 11.5 Å². The van der Waals surface area contributed by atoms with Crippen LogP contribution in [0.1, 0.15) is 28.8 Å². The topological polar surface area (TPSA) is 71.1 Å². The molecule has 0 radical (unpaired) electrons. The molecule has 7 nitrogen and oxygen atoms in total. The summed E-state index contributed by atoms with van der Waals surface area (Å²) in [5.74, 6) is 1.35. The van der Waals surface area contributed by atoms with Gasteiger partial charge in [0.15, 0.2) is 0 Å². The molecule has 2 saturated heterocycles. The molecule has 1 unspecified atom stereocenters. The van der Waals surface area contributed by atoms with Crippen LogP contribution in [0.25, 0.3) is 0 Å². The third kappa shape index (κ3) is 3.62. The van der Waals surface area contributed by atoms with Crippen LogP contribution in [-0.4, -0.2) is 74.6 Å². The zero-order chi connectivity index (χ0) is 18.7. The van der Waals surface area contributed by atoms with Gasteiger partial charge in [-0.15, -0.1) is 0 Å². The quantitative estimate of drug-likeness (QED) is 0.868. The van der Waals surface area contributed by atoms with Gasteiger partial charge in [-0.3, -0.25) is 9.59 Å². The fourth-order valence-electron chi connectivity index (χ4n) is 3.79. The second-order valence-electron chi connectivity index (χ2n) is 6.82. The van der Waals surface area contributed by atoms with Gasteiger partial charge < -0.3 is 24.6 Å². The number of hydrogen-bond donors (Lipinski definition) is 1. The van der Waals surface area contributed by atoms with Gasteiger partial charge >= 0.3 is 0 Å². The number of nitrogens with zero attached hydrogens (tertiary/aromatic N) is 2. The molecule has 1 aromatic rings. The van der Waals surface area contributed by atoms with E-state index in [2.05, 4.69) is 5.32 Å². The van der Waals surface area contributed by atoms with Crippen LogP contribution in [0.2, 0.25) is 0 Å². The number of carbonyl (C=O) groups excluding carboxylic acids is 2. The zero-order valence-electron chi connectivity index (χ0n) is 15.7. The summed E-state index contributed by atoms with van der Waals surface area (Å²) in [7, 11) is 3.17. The smallest absolute Gasteiger partial charge is 0.254 e. The Balaban J connectivity index is 1.78. The fraction of sp³-hybridized carbons (Fsp3) is 0.579. The number of piperidine rings is 1. The van der Waals surface area contributed by atoms with Gasteiger partial charge in [0.05, 0.1) is 20.8 Å². The standard InChI is InChI=1S/C19H27N3O4/c1-13-16(25-2)9-14(10-17(13)26-3)19(24)21-7-4-5-15(12-21)22-8-6-20-11-18(22)23/h9-10,15,20H,4-8,11-12H2,1-3H3. The van der Waals surface area contributed by atoms with Gasteiger partial charge in [0.1, 0.15) is 11.5 Å². The molecular weight excluding hydrogens is 334 g/mol. The number of benzene rings is 1. The summed E-state index contributed by atoms with van der Waals surface area (Å²) in [5.41, 5.74) is 1.42. The molecule has 142 valence electrons. The van der Waals surface area contributed by atoms with Crippen molar-refractivity contribution in [2.75, 3.05) is 46.9 Å². The molecule has 0 aromatic heterocycles. The Labute approximate surface area is 154 Å². The van der Waals surface area contributed by atoms with E-state index >= 15 is 0 Å². The minimum atomic E-state index is -0.0473. The van der Waals surface area contributed by atoms with Crippen molar-refractivity contribution >= 4 is 11.8 Å². The van der Waals surface area contributed by atoms with E-state index in [1.54, 1.807) is 26.4 Å². The van der Waals surface area contributed by atoms with Crippen LogP contribution in [0.3, 0.4) is 0 Å². The lowest BCUT2D eigenvalue weighted by Gasteiger charge is -2.41. The molecule has 2 aliphatic heterocycles. The SMILES string of the molecule is COc1cc(C(=O)N2CCCC(N3CCNCC3=O)C2)cc(OC)c1C. The molecule has 0 saturated carbocycles. The molecule has 7 heteroatoms. The van der Waals surface area contributed by atoms with E-state index in [-0.39, 0.29) is 17.9 Å². The molecule has 2 heterocycles. The predicted octanol–water partition coefficient (Wildman–Crippen LogP) is 1.05. The minimum Gasteiger partial charge on any atom is -0.496 e. The highest BCUT2D eigenvalue weighted by Gasteiger charge is 2.32. The van der Waals surface area contributed by atoms with Gasteiger partial charge in [-0.2, -0.15) is 0 Å². The molecular formula is C19H27N3O4. The van der Waals surface area contributed by atoms with E-state index in [1.807, 2.05) is 16.7 Å². The van der Waals surface area contributed by atoms with Crippen molar-refractivity contribution < 1.29 is 19.1 Å². The van der Waals surface area contributed by atoms with Crippen molar-refractivity contribution in [2.45, 2.75) is 25.8 Å². The second kappa shape index (κ2) is 7.95. The first-order valence-electron chi connectivity index (χ1n) is 9.07. The number of hydrogen-bond acceptors (Lipinski definition) is 5. The monoisotopic (exact) mass is 361 g/mol. The van der Waals surface area contributed by atoms with Crippen LogP contribution < -0.4 is 14.8 Å². The van der Waals surface area contributed by atoms with E-state index in [0.717, 1.165) is 24.9 Å². The summed E-state index contributed by atoms with van der Waals surface area (Å²) >= 11 is 0. The maximum atomic E-state index is 13.1. The summed E-state index contributed by atoms with van der Waals surface area (Å²) in [6.07, 6.45) is 1.84. The second-order valence-corrected chi connectivity index (χ2v) is 6.82. The summed E-state index contributed by atoms with van der Waals surface area (Å²) < 4.78 is 10.8. The molecule has 1 N–H and O–H groups in total. The molecule has 26 heavy (non-hydrogen) atoms. The first-order chi connectivity index (χ1) is 12.5. The number of nitrogens with one attached hydrogen (secondary N) is 1. The molecule has 3 rings (SSSR count). The van der Waals surface area contributed by atoms with E-state index in [9.17, 15) is 9.59 Å². The minimum absolute atomic E-state index is 0.0473. The van der Waals surface area contributed by atoms with Crippen LogP contribution in [-0.2, 0) is 4.79 Å². The highest BCUT2D eigenvalue weighted by Crippen LogP contribution is 2.30. The van der Waals surface area contributed by atoms with E-state index < -0.39 is 0 Å². The Morgan fingerprint density at radius 1 is 1.19 bits per heavy atom. The van der Waals surface area contributed by atoms with E-state index in [4.69, 9.17) is 9.47 Å². The Bertz CT molecular complexity index is 666. The highest BCUT2D eigenvalue weighted by molar-refractivity contribution is 5.95. The average molecular weight is 361 g/mol. The molecule has 0 bridgehead atoms. The van der Waals surface area contributed by atoms with Gasteiger partial charge in [-0.25, -0.2) is 0 Å². The summed E-state index contributed by atoms with van der Waals surface area (Å²) in [6, 6.07) is 3.62. The zero-order valence-corrected chi connectivity index (χ0v) is 15.7. The number of carbonyl (C=O) groups is 2. The van der Waals surface area contributed by atoms with Gasteiger partial charge in [-0.05, 0) is 31.9 Å². The Morgan fingerprint density at radius 3 is 2.50 bits per heavy atom. The lowest BCUT2D eigenvalue weighted by atomic mass is 10.0. The number of methoxy groups -OCH3 is 2. The fourth-order valence-corrected chi connectivity index (χ4v) is 3.79. The van der Waals surface area contributed by atoms with Crippen molar-refractivity contribution in [3.05, 3.63) is 23.3 Å². The largest absolute Gasteiger partial charge is 0.496 e. The molecule has 1 atom stereocenters. The van der Waals surface area contributed by atoms with Crippen LogP contribution in [0, 0.1) is 6.92 Å². The van der Waals surface area contributed by atoms with Gasteiger partial charge in [-0.1, -0.05) is 0 Å². The number of amides is 2. The summed E-state index contributed by atoms with van der Waals surface area (Å²) in [4.78, 5) is 29.0. The maximum Gasteiger partial charge on any atom is 0.254 e. The van der Waals surface area contributed by atoms with Crippen molar-refractivity contribution in [1.29, 1.82) is 0 Å². The molecule has 2 fully saturated rings. The Kier molecular flexibility index (Phi) is 5.66. The normalized spacial score (nSPS) is 20.9. The maximum absolute atomic E-state index is 13.1. The number of likely N-dealkylation sites (tertiary alicyclic amines) is 1. The van der Waals surface area contributed by atoms with Crippen molar-refractivity contribution in [1.82, 2.24) is 15.1 Å². The lowest BCUT2D eigenvalue weighted by molar-refractivity contribution is -0.135. The molecule has 2 amide bonds. The molecule has 1 aromatic carbocycles. The van der Waals surface area contributed by atoms with Gasteiger partial charge in [0.2, 0.25) is 5.91 Å². The Morgan fingerprint density at radius 2 is 1.88 bits per heavy atom. The van der Waals surface area contributed by atoms with Gasteiger partial charge in [0, 0.05) is 43.3 Å². The predicted molar refractivity (Wildman–Crippen MR) is 97.8 cm³/mol. The van der Waals surface area contributed by atoms with Crippen molar-refractivity contribution in [3.8, 4) is 11.5 Å². The summed E-state index contributed by atoms with van der Waals surface area (Å²) in [6.45, 7) is 5.08. The van der Waals surface area contributed by atoms with E-state index in [1.165, 1.54) is 0 Å². The third-order valence-electron chi connectivity index (χ3n) is 5.25. The number of rotatable bonds is 4. The van der Waals surface area contributed by atoms with Crippen molar-refractivity contribution in [3.63, 3.8) is 0 Å². The van der Waals surface area contributed by atoms with Crippen molar-refractivity contribution in [2.24, 2.45) is 0 Å². The molecule has 0 spiro atoms. The highest BCUT2D eigenvalue weighted by atomic mass is 16.5. The van der Waals surface area contributed by atoms with Crippen LogP contribution in [0.15, 0.2) is 12.1 Å². The first kappa shape index (κ1) is 18.5. The van der Waals surface area contributed by atoms with E-state index in [0.29, 0.717) is 43.2 Å².